The fourth-order valence-electron chi connectivity index (χ4n) is 3.13. The van der Waals surface area contributed by atoms with Crippen LogP contribution in [0.5, 0.6) is 0 Å². The van der Waals surface area contributed by atoms with Gasteiger partial charge in [0, 0.05) is 39.8 Å². The number of halogens is 3. The number of rotatable bonds is 4. The first kappa shape index (κ1) is 25.7. The molecule has 1 aliphatic rings. The maximum absolute atomic E-state index is 12.8. The molecule has 0 spiro atoms. The molecule has 180 valence electrons. The zero-order chi connectivity index (χ0) is 24.8. The van der Waals surface area contributed by atoms with Gasteiger partial charge in [0.15, 0.2) is 11.2 Å². The number of nitrogens with zero attached hydrogens (tertiary/aromatic N) is 5. The number of piperazine rings is 1. The number of anilines is 1. The van der Waals surface area contributed by atoms with Crippen LogP contribution in [0.3, 0.4) is 0 Å². The standard InChI is InChI=1S/C18H24N6O2.C2HF3O2/c1-4-6-10-23-14-15(20-17(23)22-12-8-19-9-13-22)24(11-7-5-2)18(26)21(3)16(14)25;3-2(4,5)1(6)7/h5,7,19H,8-13H2,1-3H3;(H,6,7). The number of aliphatic carboxylic acids is 1. The molecule has 3 rings (SSSR count). The van der Waals surface area contributed by atoms with Gasteiger partial charge in [0.1, 0.15) is 0 Å². The second-order valence-electron chi connectivity index (χ2n) is 6.96. The van der Waals surface area contributed by atoms with E-state index < -0.39 is 12.1 Å². The molecule has 3 heterocycles. The summed E-state index contributed by atoms with van der Waals surface area (Å²) >= 11 is 0. The number of imidazole rings is 1. The van der Waals surface area contributed by atoms with Crippen molar-refractivity contribution in [1.29, 1.82) is 0 Å². The summed E-state index contributed by atoms with van der Waals surface area (Å²) in [6, 6.07) is 0. The molecule has 10 nitrogen and oxygen atoms in total. The Labute approximate surface area is 186 Å². The van der Waals surface area contributed by atoms with Crippen LogP contribution < -0.4 is 21.5 Å². The highest BCUT2D eigenvalue weighted by Gasteiger charge is 2.38. The third-order valence-electron chi connectivity index (χ3n) is 4.79. The van der Waals surface area contributed by atoms with Crippen LogP contribution in [0.15, 0.2) is 21.7 Å². The Bertz CT molecular complexity index is 1210. The lowest BCUT2D eigenvalue weighted by atomic mass is 10.4. The number of hydrogen-bond donors (Lipinski definition) is 2. The van der Waals surface area contributed by atoms with E-state index in [1.54, 1.807) is 6.92 Å². The van der Waals surface area contributed by atoms with Gasteiger partial charge in [-0.05, 0) is 13.8 Å². The Morgan fingerprint density at radius 1 is 1.24 bits per heavy atom. The first-order valence-electron chi connectivity index (χ1n) is 10.0. The van der Waals surface area contributed by atoms with Crippen molar-refractivity contribution >= 4 is 23.1 Å². The number of fused-ring (bicyclic) bond motifs is 1. The number of aromatic nitrogens is 4. The molecular weight excluding hydrogens is 445 g/mol. The average Bonchev–Trinajstić information content (AvgIpc) is 3.16. The molecule has 2 N–H and O–H groups in total. The molecule has 0 amide bonds. The highest BCUT2D eigenvalue weighted by molar-refractivity contribution is 5.75. The van der Waals surface area contributed by atoms with Crippen LogP contribution in [-0.4, -0.2) is 62.1 Å². The third-order valence-corrected chi connectivity index (χ3v) is 4.79. The molecule has 2 aromatic rings. The Morgan fingerprint density at radius 2 is 1.85 bits per heavy atom. The summed E-state index contributed by atoms with van der Waals surface area (Å²) < 4.78 is 36.3. The number of nitrogens with one attached hydrogen (secondary N) is 1. The van der Waals surface area contributed by atoms with Crippen LogP contribution in [0.2, 0.25) is 0 Å². The molecule has 2 aromatic heterocycles. The molecule has 0 atom stereocenters. The van der Waals surface area contributed by atoms with Gasteiger partial charge in [0.25, 0.3) is 5.56 Å². The highest BCUT2D eigenvalue weighted by atomic mass is 19.4. The monoisotopic (exact) mass is 470 g/mol. The van der Waals surface area contributed by atoms with Gasteiger partial charge in [-0.1, -0.05) is 18.1 Å². The van der Waals surface area contributed by atoms with E-state index in [4.69, 9.17) is 14.9 Å². The summed E-state index contributed by atoms with van der Waals surface area (Å²) in [7, 11) is 1.50. The summed E-state index contributed by atoms with van der Waals surface area (Å²) in [5, 5.41) is 10.4. The molecule has 0 unspecified atom stereocenters. The summed E-state index contributed by atoms with van der Waals surface area (Å²) in [5.74, 6) is 3.84. The van der Waals surface area contributed by atoms with E-state index in [1.807, 2.05) is 23.6 Å². The van der Waals surface area contributed by atoms with E-state index in [-0.39, 0.29) is 11.2 Å². The fraction of sp³-hybridized carbons (Fsp3) is 0.500. The van der Waals surface area contributed by atoms with Gasteiger partial charge in [0.05, 0.1) is 6.54 Å². The van der Waals surface area contributed by atoms with E-state index >= 15 is 0 Å². The smallest absolute Gasteiger partial charge is 0.475 e. The topological polar surface area (TPSA) is 114 Å². The van der Waals surface area contributed by atoms with Crippen molar-refractivity contribution in [1.82, 2.24) is 24.0 Å². The summed E-state index contributed by atoms with van der Waals surface area (Å²) in [6.45, 7) is 7.69. The lowest BCUT2D eigenvalue weighted by Crippen LogP contribution is -2.44. The Hall–Kier alpha value is -3.53. The van der Waals surface area contributed by atoms with Crippen LogP contribution in [0.4, 0.5) is 19.1 Å². The minimum atomic E-state index is -5.08. The van der Waals surface area contributed by atoms with Crippen molar-refractivity contribution in [3.63, 3.8) is 0 Å². The highest BCUT2D eigenvalue weighted by Crippen LogP contribution is 2.20. The summed E-state index contributed by atoms with van der Waals surface area (Å²) in [4.78, 5) is 41.2. The summed E-state index contributed by atoms with van der Waals surface area (Å²) in [5.41, 5.74) is 0.141. The number of carboxylic acid groups (broad SMARTS) is 1. The average molecular weight is 470 g/mol. The molecule has 1 aliphatic heterocycles. The summed E-state index contributed by atoms with van der Waals surface area (Å²) in [6.07, 6.45) is -1.33. The minimum Gasteiger partial charge on any atom is -0.475 e. The van der Waals surface area contributed by atoms with Gasteiger partial charge in [0.2, 0.25) is 5.95 Å². The molecular formula is C20H25F3N6O4. The number of alkyl halides is 3. The van der Waals surface area contributed by atoms with Crippen molar-refractivity contribution in [2.24, 2.45) is 7.05 Å². The third kappa shape index (κ3) is 5.83. The predicted octanol–water partition coefficient (Wildman–Crippen LogP) is 0.539. The Balaban J connectivity index is 0.000000479. The molecule has 1 saturated heterocycles. The van der Waals surface area contributed by atoms with Crippen molar-refractivity contribution in [2.45, 2.75) is 33.1 Å². The number of carbonyl (C=O) groups is 1. The lowest BCUT2D eigenvalue weighted by Gasteiger charge is -2.28. The van der Waals surface area contributed by atoms with E-state index in [2.05, 4.69) is 22.1 Å². The number of hydrogen-bond acceptors (Lipinski definition) is 6. The molecule has 0 saturated carbocycles. The van der Waals surface area contributed by atoms with Gasteiger partial charge < -0.3 is 15.3 Å². The van der Waals surface area contributed by atoms with Crippen LogP contribution in [-0.2, 0) is 24.9 Å². The van der Waals surface area contributed by atoms with Gasteiger partial charge in [-0.15, -0.1) is 5.92 Å². The van der Waals surface area contributed by atoms with Crippen LogP contribution in [0.25, 0.3) is 11.2 Å². The normalized spacial score (nSPS) is 14.1. The molecule has 0 aliphatic carbocycles. The van der Waals surface area contributed by atoms with Crippen LogP contribution in [0, 0.1) is 11.8 Å². The zero-order valence-corrected chi connectivity index (χ0v) is 18.4. The van der Waals surface area contributed by atoms with E-state index in [9.17, 15) is 22.8 Å². The van der Waals surface area contributed by atoms with Crippen LogP contribution in [0.1, 0.15) is 13.8 Å². The molecule has 0 bridgehead atoms. The van der Waals surface area contributed by atoms with Crippen molar-refractivity contribution in [2.75, 3.05) is 31.1 Å². The molecule has 0 radical (unpaired) electrons. The Morgan fingerprint density at radius 3 is 2.36 bits per heavy atom. The van der Waals surface area contributed by atoms with Crippen molar-refractivity contribution in [3.8, 4) is 11.8 Å². The van der Waals surface area contributed by atoms with Gasteiger partial charge >= 0.3 is 17.8 Å². The SMILES string of the molecule is CC#CCn1c(N2CCNCC2)nc2c1c(=O)n(C)c(=O)n2CC=CC.O=C(O)C(F)(F)F. The maximum atomic E-state index is 12.8. The quantitative estimate of drug-likeness (QED) is 0.495. The molecule has 33 heavy (non-hydrogen) atoms. The molecule has 1 fully saturated rings. The van der Waals surface area contributed by atoms with E-state index in [1.165, 1.54) is 11.6 Å². The van der Waals surface area contributed by atoms with Gasteiger partial charge in [-0.2, -0.15) is 18.2 Å². The minimum absolute atomic E-state index is 0.339. The second-order valence-corrected chi connectivity index (χ2v) is 6.96. The van der Waals surface area contributed by atoms with E-state index in [0.717, 1.165) is 30.7 Å². The predicted molar refractivity (Wildman–Crippen MR) is 116 cm³/mol. The lowest BCUT2D eigenvalue weighted by molar-refractivity contribution is -0.192. The molecule has 0 aromatic carbocycles. The van der Waals surface area contributed by atoms with Crippen molar-refractivity contribution < 1.29 is 23.1 Å². The van der Waals surface area contributed by atoms with E-state index in [0.29, 0.717) is 30.2 Å². The first-order valence-corrected chi connectivity index (χ1v) is 10.0. The zero-order valence-electron chi connectivity index (χ0n) is 18.4. The number of carboxylic acids is 1. The maximum Gasteiger partial charge on any atom is 0.490 e. The fourth-order valence-corrected chi connectivity index (χ4v) is 3.13. The van der Waals surface area contributed by atoms with Crippen LogP contribution >= 0.6 is 0 Å². The van der Waals surface area contributed by atoms with Gasteiger partial charge in [-0.3, -0.25) is 18.5 Å². The Kier molecular flexibility index (Phi) is 8.47. The molecule has 13 heteroatoms. The first-order chi connectivity index (χ1) is 15.5. The largest absolute Gasteiger partial charge is 0.490 e. The number of allylic oxidation sites excluding steroid dienone is 2. The van der Waals surface area contributed by atoms with Gasteiger partial charge in [-0.25, -0.2) is 9.59 Å². The second kappa shape index (κ2) is 10.9. The van der Waals surface area contributed by atoms with Crippen molar-refractivity contribution in [3.05, 3.63) is 33.0 Å².